The number of nitrogens with zero attached hydrogens (tertiary/aromatic N) is 2. The molecule has 106 valence electrons. The highest BCUT2D eigenvalue weighted by molar-refractivity contribution is 5.68. The molecule has 0 aromatic carbocycles. The number of oxazole rings is 1. The van der Waals surface area contributed by atoms with Gasteiger partial charge in [0.1, 0.15) is 11.4 Å². The van der Waals surface area contributed by atoms with Gasteiger partial charge in [-0.15, -0.1) is 0 Å². The summed E-state index contributed by atoms with van der Waals surface area (Å²) in [6.45, 7) is 6.43. The van der Waals surface area contributed by atoms with Crippen LogP contribution in [0.1, 0.15) is 45.8 Å². The van der Waals surface area contributed by atoms with Gasteiger partial charge in [0.15, 0.2) is 6.39 Å². The van der Waals surface area contributed by atoms with Gasteiger partial charge in [0.25, 0.3) is 0 Å². The number of amides is 1. The molecule has 2 rings (SSSR count). The molecule has 5 heteroatoms. The first-order valence-electron chi connectivity index (χ1n) is 6.83. The van der Waals surface area contributed by atoms with Gasteiger partial charge in [-0.1, -0.05) is 0 Å². The van der Waals surface area contributed by atoms with E-state index in [4.69, 9.17) is 9.15 Å². The van der Waals surface area contributed by atoms with Gasteiger partial charge in [0, 0.05) is 19.0 Å². The summed E-state index contributed by atoms with van der Waals surface area (Å²) in [5.41, 5.74) is -0.453. The molecular formula is C14H22N2O3. The van der Waals surface area contributed by atoms with Crippen molar-refractivity contribution in [2.24, 2.45) is 0 Å². The Hall–Kier alpha value is -1.52. The van der Waals surface area contributed by atoms with Crippen LogP contribution in [0.5, 0.6) is 0 Å². The fourth-order valence-electron chi connectivity index (χ4n) is 2.35. The molecule has 0 radical (unpaired) electrons. The molecule has 1 aromatic rings. The van der Waals surface area contributed by atoms with Crippen molar-refractivity contribution < 1.29 is 13.9 Å². The Morgan fingerprint density at radius 3 is 2.95 bits per heavy atom. The Kier molecular flexibility index (Phi) is 4.12. The van der Waals surface area contributed by atoms with Crippen molar-refractivity contribution in [2.45, 2.75) is 58.1 Å². The van der Waals surface area contributed by atoms with Gasteiger partial charge < -0.3 is 14.1 Å². The molecular weight excluding hydrogens is 244 g/mol. The Bertz CT molecular complexity index is 409. The van der Waals surface area contributed by atoms with Crippen LogP contribution in [0.4, 0.5) is 4.79 Å². The minimum Gasteiger partial charge on any atom is -0.448 e. The molecule has 1 saturated heterocycles. The molecule has 0 aliphatic carbocycles. The summed E-state index contributed by atoms with van der Waals surface area (Å²) in [6.07, 6.45) is 6.78. The van der Waals surface area contributed by atoms with E-state index >= 15 is 0 Å². The number of aromatic nitrogens is 1. The van der Waals surface area contributed by atoms with E-state index in [2.05, 4.69) is 4.98 Å². The van der Waals surface area contributed by atoms with E-state index in [9.17, 15) is 4.79 Å². The van der Waals surface area contributed by atoms with E-state index in [1.54, 1.807) is 6.20 Å². The van der Waals surface area contributed by atoms with Crippen molar-refractivity contribution in [2.75, 3.05) is 6.54 Å². The minimum atomic E-state index is -0.453. The number of rotatable bonds is 2. The zero-order valence-electron chi connectivity index (χ0n) is 11.9. The predicted octanol–water partition coefficient (Wildman–Crippen LogP) is 3.01. The third-order valence-corrected chi connectivity index (χ3v) is 3.18. The minimum absolute atomic E-state index is 0.150. The second kappa shape index (κ2) is 5.63. The lowest BCUT2D eigenvalue weighted by atomic mass is 9.99. The standard InChI is InChI=1S/C14H22N2O3/c1-14(2,3)19-13(17)16-7-5-4-6-11(16)8-12-9-15-10-18-12/h9-11H,4-8H2,1-3H3. The molecule has 1 amide bonds. The third-order valence-electron chi connectivity index (χ3n) is 3.18. The number of carbonyl (C=O) groups is 1. The predicted molar refractivity (Wildman–Crippen MR) is 70.8 cm³/mol. The van der Waals surface area contributed by atoms with Crippen molar-refractivity contribution in [3.05, 3.63) is 18.4 Å². The van der Waals surface area contributed by atoms with E-state index in [0.717, 1.165) is 31.6 Å². The van der Waals surface area contributed by atoms with Crippen LogP contribution in [0.15, 0.2) is 17.0 Å². The van der Waals surface area contributed by atoms with Crippen molar-refractivity contribution in [3.8, 4) is 0 Å². The number of hydrogen-bond donors (Lipinski definition) is 0. The molecule has 1 aliphatic heterocycles. The molecule has 0 saturated carbocycles. The van der Waals surface area contributed by atoms with Crippen LogP contribution in [-0.4, -0.2) is 34.2 Å². The summed E-state index contributed by atoms with van der Waals surface area (Å²) in [6, 6.07) is 0.150. The number of likely N-dealkylation sites (tertiary alicyclic amines) is 1. The van der Waals surface area contributed by atoms with E-state index in [-0.39, 0.29) is 12.1 Å². The fraction of sp³-hybridized carbons (Fsp3) is 0.714. The molecule has 0 bridgehead atoms. The largest absolute Gasteiger partial charge is 0.448 e. The molecule has 1 fully saturated rings. The van der Waals surface area contributed by atoms with Gasteiger partial charge >= 0.3 is 6.09 Å². The molecule has 0 N–H and O–H groups in total. The smallest absolute Gasteiger partial charge is 0.410 e. The first kappa shape index (κ1) is 13.9. The lowest BCUT2D eigenvalue weighted by Gasteiger charge is -2.36. The van der Waals surface area contributed by atoms with Gasteiger partial charge in [-0.2, -0.15) is 0 Å². The van der Waals surface area contributed by atoms with Crippen LogP contribution in [-0.2, 0) is 11.2 Å². The van der Waals surface area contributed by atoms with Gasteiger partial charge in [0.05, 0.1) is 6.20 Å². The topological polar surface area (TPSA) is 55.6 Å². The quantitative estimate of drug-likeness (QED) is 0.825. The summed E-state index contributed by atoms with van der Waals surface area (Å²) in [5, 5.41) is 0. The van der Waals surface area contributed by atoms with Crippen molar-refractivity contribution in [1.82, 2.24) is 9.88 Å². The van der Waals surface area contributed by atoms with Gasteiger partial charge in [0.2, 0.25) is 0 Å². The molecule has 19 heavy (non-hydrogen) atoms. The van der Waals surface area contributed by atoms with Gasteiger partial charge in [-0.25, -0.2) is 9.78 Å². The summed E-state index contributed by atoms with van der Waals surface area (Å²) >= 11 is 0. The van der Waals surface area contributed by atoms with Gasteiger partial charge in [-0.3, -0.25) is 0 Å². The third kappa shape index (κ3) is 3.98. The lowest BCUT2D eigenvalue weighted by molar-refractivity contribution is 0.00944. The Morgan fingerprint density at radius 2 is 2.32 bits per heavy atom. The highest BCUT2D eigenvalue weighted by atomic mass is 16.6. The maximum Gasteiger partial charge on any atom is 0.410 e. The van der Waals surface area contributed by atoms with E-state index in [1.165, 1.54) is 6.39 Å². The molecule has 1 aromatic heterocycles. The van der Waals surface area contributed by atoms with Gasteiger partial charge in [-0.05, 0) is 40.0 Å². The average Bonchev–Trinajstić information content (AvgIpc) is 2.80. The first-order chi connectivity index (χ1) is 8.96. The van der Waals surface area contributed by atoms with Crippen LogP contribution in [0.2, 0.25) is 0 Å². The van der Waals surface area contributed by atoms with E-state index in [0.29, 0.717) is 6.42 Å². The molecule has 2 heterocycles. The highest BCUT2D eigenvalue weighted by Crippen LogP contribution is 2.23. The lowest BCUT2D eigenvalue weighted by Crippen LogP contribution is -2.47. The van der Waals surface area contributed by atoms with Crippen molar-refractivity contribution in [3.63, 3.8) is 0 Å². The van der Waals surface area contributed by atoms with Crippen LogP contribution < -0.4 is 0 Å². The van der Waals surface area contributed by atoms with Crippen LogP contribution in [0.25, 0.3) is 0 Å². The Labute approximate surface area is 113 Å². The molecule has 1 aliphatic rings. The van der Waals surface area contributed by atoms with Crippen LogP contribution >= 0.6 is 0 Å². The summed E-state index contributed by atoms with van der Waals surface area (Å²) in [4.78, 5) is 18.0. The second-order valence-corrected chi connectivity index (χ2v) is 6.00. The number of hydrogen-bond acceptors (Lipinski definition) is 4. The average molecular weight is 266 g/mol. The summed E-state index contributed by atoms with van der Waals surface area (Å²) in [5.74, 6) is 0.820. The summed E-state index contributed by atoms with van der Waals surface area (Å²) < 4.78 is 10.7. The monoisotopic (exact) mass is 266 g/mol. The second-order valence-electron chi connectivity index (χ2n) is 6.00. The van der Waals surface area contributed by atoms with E-state index < -0.39 is 5.60 Å². The molecule has 5 nitrogen and oxygen atoms in total. The SMILES string of the molecule is CC(C)(C)OC(=O)N1CCCCC1Cc1cnco1. The van der Waals surface area contributed by atoms with Crippen molar-refractivity contribution in [1.29, 1.82) is 0 Å². The van der Waals surface area contributed by atoms with E-state index in [1.807, 2.05) is 25.7 Å². The zero-order valence-corrected chi connectivity index (χ0v) is 11.9. The number of piperidine rings is 1. The zero-order chi connectivity index (χ0) is 13.9. The normalized spacial score (nSPS) is 20.4. The maximum absolute atomic E-state index is 12.2. The highest BCUT2D eigenvalue weighted by Gasteiger charge is 2.30. The summed E-state index contributed by atoms with van der Waals surface area (Å²) in [7, 11) is 0. The maximum atomic E-state index is 12.2. The number of carbonyl (C=O) groups excluding carboxylic acids is 1. The first-order valence-corrected chi connectivity index (χ1v) is 6.83. The molecule has 1 atom stereocenters. The Balaban J connectivity index is 2.01. The Morgan fingerprint density at radius 1 is 1.53 bits per heavy atom. The van der Waals surface area contributed by atoms with Crippen LogP contribution in [0, 0.1) is 0 Å². The fourth-order valence-corrected chi connectivity index (χ4v) is 2.35. The van der Waals surface area contributed by atoms with Crippen molar-refractivity contribution >= 4 is 6.09 Å². The molecule has 1 unspecified atom stereocenters. The van der Waals surface area contributed by atoms with Crippen LogP contribution in [0.3, 0.4) is 0 Å². The number of ether oxygens (including phenoxy) is 1. The molecule has 0 spiro atoms.